The standard InChI is InChI=1S/C18H19ClFN5/c1-12-7-17(25-18(23-12)21-11-22-25)14-3-2-6-24(10-14)9-13-4-5-15(19)16(20)8-13/h4-5,7-8,11,14H,2-3,6,9-10H2,1H3. The van der Waals surface area contributed by atoms with Crippen LogP contribution in [0.25, 0.3) is 5.78 Å². The Hall–Kier alpha value is -2.05. The number of aryl methyl sites for hydroxylation is 1. The van der Waals surface area contributed by atoms with Gasteiger partial charge in [-0.2, -0.15) is 10.1 Å². The second kappa shape index (κ2) is 6.69. The molecule has 1 unspecified atom stereocenters. The molecule has 1 aromatic carbocycles. The Morgan fingerprint density at radius 2 is 2.20 bits per heavy atom. The number of nitrogens with zero attached hydrogens (tertiary/aromatic N) is 5. The van der Waals surface area contributed by atoms with Crippen molar-refractivity contribution in [3.05, 3.63) is 58.4 Å². The Morgan fingerprint density at radius 3 is 3.04 bits per heavy atom. The van der Waals surface area contributed by atoms with E-state index in [0.29, 0.717) is 11.7 Å². The number of fused-ring (bicyclic) bond motifs is 1. The van der Waals surface area contributed by atoms with Crippen LogP contribution in [0.4, 0.5) is 4.39 Å². The molecule has 2 aromatic heterocycles. The minimum atomic E-state index is -0.359. The number of rotatable bonds is 3. The zero-order chi connectivity index (χ0) is 17.4. The normalized spacial score (nSPS) is 18.8. The van der Waals surface area contributed by atoms with Crippen molar-refractivity contribution in [2.45, 2.75) is 32.2 Å². The number of hydrogen-bond donors (Lipinski definition) is 0. The predicted molar refractivity (Wildman–Crippen MR) is 94.2 cm³/mol. The molecule has 5 nitrogen and oxygen atoms in total. The van der Waals surface area contributed by atoms with Crippen molar-refractivity contribution >= 4 is 17.4 Å². The molecular weight excluding hydrogens is 341 g/mol. The Kier molecular flexibility index (Phi) is 4.39. The number of aromatic nitrogens is 4. The molecule has 0 saturated carbocycles. The smallest absolute Gasteiger partial charge is 0.252 e. The van der Waals surface area contributed by atoms with Gasteiger partial charge in [-0.15, -0.1) is 0 Å². The molecule has 3 heterocycles. The van der Waals surface area contributed by atoms with Crippen LogP contribution in [0.1, 0.15) is 35.7 Å². The van der Waals surface area contributed by atoms with Crippen LogP contribution >= 0.6 is 11.6 Å². The topological polar surface area (TPSA) is 46.3 Å². The fourth-order valence-electron chi connectivity index (χ4n) is 3.59. The maximum Gasteiger partial charge on any atom is 0.252 e. The lowest BCUT2D eigenvalue weighted by molar-refractivity contribution is 0.197. The van der Waals surface area contributed by atoms with Crippen LogP contribution in [-0.2, 0) is 6.54 Å². The summed E-state index contributed by atoms with van der Waals surface area (Å²) in [5, 5.41) is 4.49. The molecule has 25 heavy (non-hydrogen) atoms. The molecule has 1 atom stereocenters. The van der Waals surface area contributed by atoms with Gasteiger partial charge in [0, 0.05) is 24.7 Å². The summed E-state index contributed by atoms with van der Waals surface area (Å²) < 4.78 is 15.5. The highest BCUT2D eigenvalue weighted by Gasteiger charge is 2.24. The average molecular weight is 360 g/mol. The molecule has 4 rings (SSSR count). The molecule has 0 amide bonds. The van der Waals surface area contributed by atoms with E-state index in [9.17, 15) is 4.39 Å². The van der Waals surface area contributed by atoms with E-state index in [4.69, 9.17) is 11.6 Å². The van der Waals surface area contributed by atoms with Gasteiger partial charge in [0.05, 0.1) is 10.7 Å². The quantitative estimate of drug-likeness (QED) is 0.716. The van der Waals surface area contributed by atoms with E-state index < -0.39 is 0 Å². The van der Waals surface area contributed by atoms with E-state index in [2.05, 4.69) is 26.0 Å². The van der Waals surface area contributed by atoms with Crippen LogP contribution in [0.2, 0.25) is 5.02 Å². The molecule has 1 fully saturated rings. The van der Waals surface area contributed by atoms with Gasteiger partial charge in [0.15, 0.2) is 0 Å². The Labute approximate surface area is 150 Å². The van der Waals surface area contributed by atoms with Gasteiger partial charge in [-0.1, -0.05) is 17.7 Å². The number of halogens is 2. The number of benzene rings is 1. The minimum Gasteiger partial charge on any atom is -0.298 e. The van der Waals surface area contributed by atoms with Crippen LogP contribution in [0.5, 0.6) is 0 Å². The van der Waals surface area contributed by atoms with Gasteiger partial charge >= 0.3 is 0 Å². The molecule has 0 N–H and O–H groups in total. The summed E-state index contributed by atoms with van der Waals surface area (Å²) in [6.45, 7) is 4.61. The van der Waals surface area contributed by atoms with Gasteiger partial charge in [0.1, 0.15) is 12.1 Å². The zero-order valence-corrected chi connectivity index (χ0v) is 14.7. The van der Waals surface area contributed by atoms with E-state index in [-0.39, 0.29) is 10.8 Å². The van der Waals surface area contributed by atoms with Gasteiger partial charge in [-0.25, -0.2) is 13.9 Å². The minimum absolute atomic E-state index is 0.168. The SMILES string of the molecule is Cc1cc(C2CCCN(Cc3ccc(Cl)c(F)c3)C2)n2ncnc2n1. The van der Waals surface area contributed by atoms with Gasteiger partial charge in [0.2, 0.25) is 0 Å². The summed E-state index contributed by atoms with van der Waals surface area (Å²) in [4.78, 5) is 11.0. The third-order valence-corrected chi connectivity index (χ3v) is 5.03. The second-order valence-electron chi connectivity index (χ2n) is 6.62. The average Bonchev–Trinajstić information content (AvgIpc) is 3.06. The van der Waals surface area contributed by atoms with Gasteiger partial charge in [-0.05, 0) is 50.1 Å². The molecule has 7 heteroatoms. The third kappa shape index (κ3) is 3.37. The molecule has 3 aromatic rings. The van der Waals surface area contributed by atoms with Crippen LogP contribution in [-0.4, -0.2) is 37.6 Å². The summed E-state index contributed by atoms with van der Waals surface area (Å²) in [5.74, 6) is 0.644. The van der Waals surface area contributed by atoms with E-state index in [1.165, 1.54) is 6.07 Å². The highest BCUT2D eigenvalue weighted by atomic mass is 35.5. The fraction of sp³-hybridized carbons (Fsp3) is 0.389. The first-order valence-electron chi connectivity index (χ1n) is 8.44. The summed E-state index contributed by atoms with van der Waals surface area (Å²) in [7, 11) is 0. The number of hydrogen-bond acceptors (Lipinski definition) is 4. The van der Waals surface area contributed by atoms with Gasteiger partial charge in [0.25, 0.3) is 5.78 Å². The summed E-state index contributed by atoms with van der Waals surface area (Å²) in [5.41, 5.74) is 3.04. The molecule has 1 saturated heterocycles. The van der Waals surface area contributed by atoms with Crippen molar-refractivity contribution < 1.29 is 4.39 Å². The summed E-state index contributed by atoms with van der Waals surface area (Å²) in [6.07, 6.45) is 3.74. The Bertz CT molecular complexity index is 910. The number of likely N-dealkylation sites (tertiary alicyclic amines) is 1. The summed E-state index contributed by atoms with van der Waals surface area (Å²) in [6, 6.07) is 7.13. The molecule has 130 valence electrons. The second-order valence-corrected chi connectivity index (χ2v) is 7.02. The third-order valence-electron chi connectivity index (χ3n) is 4.72. The molecule has 1 aliphatic heterocycles. The van der Waals surface area contributed by atoms with Gasteiger partial charge < -0.3 is 0 Å². The van der Waals surface area contributed by atoms with E-state index >= 15 is 0 Å². The van der Waals surface area contributed by atoms with Crippen molar-refractivity contribution in [2.24, 2.45) is 0 Å². The first-order valence-corrected chi connectivity index (χ1v) is 8.81. The van der Waals surface area contributed by atoms with Crippen molar-refractivity contribution in [1.82, 2.24) is 24.5 Å². The zero-order valence-electron chi connectivity index (χ0n) is 14.0. The molecule has 0 radical (unpaired) electrons. The lowest BCUT2D eigenvalue weighted by atomic mass is 9.93. The maximum absolute atomic E-state index is 13.7. The van der Waals surface area contributed by atoms with Gasteiger partial charge in [-0.3, -0.25) is 4.90 Å². The highest BCUT2D eigenvalue weighted by molar-refractivity contribution is 6.30. The highest BCUT2D eigenvalue weighted by Crippen LogP contribution is 2.28. The first kappa shape index (κ1) is 16.4. The van der Waals surface area contributed by atoms with Crippen LogP contribution in [0.3, 0.4) is 0 Å². The first-order chi connectivity index (χ1) is 12.1. The van der Waals surface area contributed by atoms with Crippen molar-refractivity contribution in [3.63, 3.8) is 0 Å². The van der Waals surface area contributed by atoms with E-state index in [0.717, 1.165) is 49.4 Å². The number of piperidine rings is 1. The van der Waals surface area contributed by atoms with Crippen molar-refractivity contribution in [2.75, 3.05) is 13.1 Å². The monoisotopic (exact) mass is 359 g/mol. The van der Waals surface area contributed by atoms with E-state index in [1.807, 2.05) is 17.5 Å². The molecule has 1 aliphatic rings. The molecule has 0 aliphatic carbocycles. The Morgan fingerprint density at radius 1 is 1.32 bits per heavy atom. The van der Waals surface area contributed by atoms with Crippen LogP contribution in [0, 0.1) is 12.7 Å². The lowest BCUT2D eigenvalue weighted by Crippen LogP contribution is -2.34. The Balaban J connectivity index is 1.56. The van der Waals surface area contributed by atoms with E-state index in [1.54, 1.807) is 12.4 Å². The molecule has 0 bridgehead atoms. The maximum atomic E-state index is 13.7. The fourth-order valence-corrected chi connectivity index (χ4v) is 3.70. The van der Waals surface area contributed by atoms with Crippen molar-refractivity contribution in [1.29, 1.82) is 0 Å². The lowest BCUT2D eigenvalue weighted by Gasteiger charge is -2.33. The molecule has 0 spiro atoms. The molecular formula is C18H19ClFN5. The predicted octanol–water partition coefficient (Wildman–Crippen LogP) is 3.60. The summed E-state index contributed by atoms with van der Waals surface area (Å²) >= 11 is 5.78. The van der Waals surface area contributed by atoms with Crippen LogP contribution in [0.15, 0.2) is 30.6 Å². The largest absolute Gasteiger partial charge is 0.298 e. The van der Waals surface area contributed by atoms with Crippen LogP contribution < -0.4 is 0 Å². The van der Waals surface area contributed by atoms with Crippen molar-refractivity contribution in [3.8, 4) is 0 Å².